The van der Waals surface area contributed by atoms with Gasteiger partial charge in [-0.1, -0.05) is 92.1 Å². The van der Waals surface area contributed by atoms with Gasteiger partial charge in [0.25, 0.3) is 11.8 Å². The molecule has 1 saturated heterocycles. The second kappa shape index (κ2) is 40.1. The summed E-state index contributed by atoms with van der Waals surface area (Å²) in [6.07, 6.45) is -2.38. The molecule has 13 atom stereocenters. The highest BCUT2D eigenvalue weighted by atomic mass is 32.2. The van der Waals surface area contributed by atoms with E-state index >= 15 is 14.4 Å². The van der Waals surface area contributed by atoms with Crippen LogP contribution in [0.25, 0.3) is 0 Å². The Hall–Kier alpha value is -8.89. The van der Waals surface area contributed by atoms with E-state index in [1.165, 1.54) is 31.2 Å². The van der Waals surface area contributed by atoms with Crippen molar-refractivity contribution in [1.29, 1.82) is 0 Å². The van der Waals surface area contributed by atoms with Gasteiger partial charge in [0.2, 0.25) is 59.1 Å². The molecule has 0 spiro atoms. The van der Waals surface area contributed by atoms with Crippen LogP contribution in [0.3, 0.4) is 0 Å². The number of nitrogens with two attached hydrogens (primary N) is 4. The molecule has 20 N–H and O–H groups in total. The van der Waals surface area contributed by atoms with Crippen LogP contribution in [0.15, 0.2) is 47.8 Å². The Morgan fingerprint density at radius 2 is 1.27 bits per heavy atom. The number of aromatic nitrogens is 2. The van der Waals surface area contributed by atoms with Gasteiger partial charge in [-0.3, -0.25) is 77.0 Å². The van der Waals surface area contributed by atoms with Gasteiger partial charge in [0.15, 0.2) is 0 Å². The van der Waals surface area contributed by atoms with Gasteiger partial charge in [0.1, 0.15) is 66.5 Å². The molecule has 0 bridgehead atoms. The summed E-state index contributed by atoms with van der Waals surface area (Å²) in [6.45, 7) is 13.4. The van der Waals surface area contributed by atoms with E-state index < -0.39 is 206 Å². The number of imide groups is 1. The summed E-state index contributed by atoms with van der Waals surface area (Å²) in [4.78, 5) is 214. The maximum absolute atomic E-state index is 16.0. The van der Waals surface area contributed by atoms with Crippen LogP contribution in [0.2, 0.25) is 0 Å². The number of amides is 12. The number of hydrogen-bond acceptors (Lipinski definition) is 20. The molecule has 2 aliphatic heterocycles. The fourth-order valence-electron chi connectivity index (χ4n) is 10.7. The van der Waals surface area contributed by atoms with Crippen molar-refractivity contribution in [3.05, 3.63) is 54.1 Å². The maximum Gasteiger partial charge on any atom is 0.305 e. The van der Waals surface area contributed by atoms with E-state index in [0.717, 1.165) is 0 Å². The fraction of sp³-hybridized carbons (Fsp3) is 0.625. The standard InChI is InChI=1S/C64H99N17O16S/c1-9-35(8)52(80-54(88)39(20-21-48(83)84)71-55(89)40(24-32(2)3)73-59(93)45-30-98-62(78-45)50(68)33(4)5)64(97)81-46(19-13-14-22-65)60(94)72-38(18-15-23-66)53(87)79-51(34(6)7)61(95)76-41(25-36-16-11-10-12-17-36)56(90)74-42(26-37-29-69-31-70-37)57(91)75-43(28-49(85)86)58(92)77-44(63(81)96)27-47(67)82/h10-12,16-17,29,31-35,38-46,50-52H,9,13-15,18-28,30,65-66,68H2,1-8H3,(H2,67,82)(H,69,70)(H,71,89)(H,72,94)(H,73,93)(H,74,90)(H,75,91)(H,76,95)(H,77,92)(H,79,87)(H,80,88)(H,83,84)(H,85,86)/t35-,38+,39+,40-,41+,42-,43+,44-,45-,46-,50+,51-,52-/m0/s1. The molecule has 33 nitrogen and oxygen atoms in total. The molecule has 4 rings (SSSR count). The minimum absolute atomic E-state index is 0.00187. The monoisotopic (exact) mass is 1390 g/mol. The smallest absolute Gasteiger partial charge is 0.305 e. The Morgan fingerprint density at radius 3 is 1.84 bits per heavy atom. The predicted molar refractivity (Wildman–Crippen MR) is 360 cm³/mol. The minimum atomic E-state index is -2.33. The molecule has 98 heavy (non-hydrogen) atoms. The van der Waals surface area contributed by atoms with E-state index in [1.54, 1.807) is 65.0 Å². The van der Waals surface area contributed by atoms with E-state index in [4.69, 9.17) is 22.9 Å². The molecule has 1 aromatic carbocycles. The highest BCUT2D eigenvalue weighted by Crippen LogP contribution is 2.25. The molecule has 0 radical (unpaired) electrons. The van der Waals surface area contributed by atoms with Crippen LogP contribution in [0.5, 0.6) is 0 Å². The van der Waals surface area contributed by atoms with Crippen LogP contribution in [0, 0.1) is 23.7 Å². The fourth-order valence-corrected chi connectivity index (χ4v) is 11.9. The predicted octanol–water partition coefficient (Wildman–Crippen LogP) is -2.38. The van der Waals surface area contributed by atoms with Gasteiger partial charge < -0.3 is 86.0 Å². The van der Waals surface area contributed by atoms with E-state index in [2.05, 4.69) is 62.8 Å². The van der Waals surface area contributed by atoms with E-state index in [-0.39, 0.29) is 81.3 Å². The first-order chi connectivity index (χ1) is 46.3. The third-order valence-electron chi connectivity index (χ3n) is 16.5. The second-order valence-electron chi connectivity index (χ2n) is 25.7. The summed E-state index contributed by atoms with van der Waals surface area (Å²) in [5, 5.41) is 43.6. The second-order valence-corrected chi connectivity index (χ2v) is 26.7. The number of primary amides is 1. The van der Waals surface area contributed by atoms with Gasteiger partial charge in [0, 0.05) is 36.9 Å². The van der Waals surface area contributed by atoms with Crippen LogP contribution >= 0.6 is 11.8 Å². The molecular formula is C64H99N17O16S. The Kier molecular flexibility index (Phi) is 33.4. The van der Waals surface area contributed by atoms with Crippen molar-refractivity contribution >= 4 is 99.6 Å². The molecule has 1 fully saturated rings. The van der Waals surface area contributed by atoms with Crippen molar-refractivity contribution in [2.45, 2.75) is 211 Å². The van der Waals surface area contributed by atoms with Gasteiger partial charge in [-0.2, -0.15) is 0 Å². The van der Waals surface area contributed by atoms with Crippen molar-refractivity contribution in [3.8, 4) is 0 Å². The number of benzene rings is 1. The molecule has 542 valence electrons. The zero-order valence-corrected chi connectivity index (χ0v) is 57.6. The highest BCUT2D eigenvalue weighted by molar-refractivity contribution is 8.14. The molecule has 34 heteroatoms. The maximum atomic E-state index is 16.0. The number of nitrogens with one attached hydrogen (secondary N) is 10. The minimum Gasteiger partial charge on any atom is -0.481 e. The Balaban J connectivity index is 1.98. The molecule has 0 unspecified atom stereocenters. The summed E-state index contributed by atoms with van der Waals surface area (Å²) in [5.74, 6) is -18.8. The Labute approximate surface area is 573 Å². The number of thioether (sulfide) groups is 1. The van der Waals surface area contributed by atoms with Gasteiger partial charge >= 0.3 is 11.9 Å². The molecule has 2 aromatic rings. The van der Waals surface area contributed by atoms with E-state index in [1.807, 2.05) is 13.8 Å². The molecule has 0 saturated carbocycles. The number of imidazole rings is 1. The molecule has 0 aliphatic carbocycles. The lowest BCUT2D eigenvalue weighted by Crippen LogP contribution is -2.65. The van der Waals surface area contributed by atoms with Gasteiger partial charge in [-0.05, 0) is 87.3 Å². The first-order valence-electron chi connectivity index (χ1n) is 33.0. The average Bonchev–Trinajstić information content (AvgIpc) is 0.974. The van der Waals surface area contributed by atoms with Gasteiger partial charge in [0.05, 0.1) is 30.3 Å². The topological polar surface area (TPSA) is 536 Å². The third-order valence-corrected chi connectivity index (χ3v) is 17.7. The number of nitrogens with zero attached hydrogens (tertiary/aromatic N) is 3. The number of aliphatic carboxylic acids is 2. The summed E-state index contributed by atoms with van der Waals surface area (Å²) in [6, 6.07) is -10.9. The van der Waals surface area contributed by atoms with Crippen LogP contribution in [0.1, 0.15) is 137 Å². The van der Waals surface area contributed by atoms with Crippen molar-refractivity contribution in [2.75, 3.05) is 18.8 Å². The first kappa shape index (κ1) is 81.5. The zero-order chi connectivity index (χ0) is 73.1. The van der Waals surface area contributed by atoms with Crippen molar-refractivity contribution in [2.24, 2.45) is 51.6 Å². The summed E-state index contributed by atoms with van der Waals surface area (Å²) in [7, 11) is 0. The van der Waals surface area contributed by atoms with Crippen LogP contribution in [0.4, 0.5) is 0 Å². The Bertz CT molecular complexity index is 3140. The SMILES string of the molecule is CC[C@H](C)[C@H](NC(=O)[C@@H](CCC(=O)O)NC(=O)[C@H](CC(C)C)NC(=O)[C@@H]1CSC([C@H](N)C(C)C)=N1)C(=O)N1C(=O)[C@H](CC(N)=O)NC(=O)[C@@H](CC(=O)O)NC(=O)[C@H](Cc2cnc[nH]2)NC(=O)[C@@H](Cc2ccccc2)NC(=O)[C@H](C(C)C)NC(=O)[C@@H](CCCN)NC(=O)[C@@H]1CCCCN. The molecule has 1 aromatic heterocycles. The van der Waals surface area contributed by atoms with E-state index in [0.29, 0.717) is 15.5 Å². The average molecular weight is 1390 g/mol. The zero-order valence-electron chi connectivity index (χ0n) is 56.8. The van der Waals surface area contributed by atoms with Crippen LogP contribution in [-0.2, 0) is 80.0 Å². The van der Waals surface area contributed by atoms with Crippen LogP contribution < -0.4 is 70.8 Å². The number of carboxylic acid groups (broad SMARTS) is 2. The Morgan fingerprint density at radius 1 is 0.673 bits per heavy atom. The van der Waals surface area contributed by atoms with Crippen LogP contribution in [-0.4, -0.2) is 204 Å². The molecule has 3 heterocycles. The van der Waals surface area contributed by atoms with Gasteiger partial charge in [-0.25, -0.2) is 4.98 Å². The number of H-pyrrole nitrogens is 1. The normalized spacial score (nSPS) is 22.5. The number of aliphatic imine (C=N–C) groups is 1. The summed E-state index contributed by atoms with van der Waals surface area (Å²) in [5.41, 5.74) is 24.7. The quantitative estimate of drug-likeness (QED) is 0.0340. The summed E-state index contributed by atoms with van der Waals surface area (Å²) < 4.78 is 0. The van der Waals surface area contributed by atoms with Crippen molar-refractivity contribution < 1.29 is 77.3 Å². The van der Waals surface area contributed by atoms with Gasteiger partial charge in [-0.15, -0.1) is 11.8 Å². The number of rotatable bonds is 32. The number of carbonyl (C=O) groups excluding carboxylic acids is 12. The largest absolute Gasteiger partial charge is 0.481 e. The van der Waals surface area contributed by atoms with E-state index in [9.17, 15) is 63.0 Å². The highest BCUT2D eigenvalue weighted by Gasteiger charge is 2.46. The number of hydrogen-bond donors (Lipinski definition) is 16. The number of unbranched alkanes of at least 4 members (excludes halogenated alkanes) is 1. The number of aromatic amines is 1. The summed E-state index contributed by atoms with van der Waals surface area (Å²) >= 11 is 1.30. The molecular weight excluding hydrogens is 1290 g/mol. The third kappa shape index (κ3) is 25.5. The first-order valence-corrected chi connectivity index (χ1v) is 34.0. The lowest BCUT2D eigenvalue weighted by atomic mass is 9.94. The molecule has 2 aliphatic rings. The number of carboxylic acids is 2. The lowest BCUT2D eigenvalue weighted by molar-refractivity contribution is -0.157. The lowest BCUT2D eigenvalue weighted by Gasteiger charge is -2.37. The number of carbonyl (C=O) groups is 14. The van der Waals surface area contributed by atoms with Crippen molar-refractivity contribution in [3.63, 3.8) is 0 Å². The molecule has 12 amide bonds. The van der Waals surface area contributed by atoms with Crippen molar-refractivity contribution in [1.82, 2.24) is 62.7 Å².